The number of carbonyl (C=O) groups is 3. The smallest absolute Gasteiger partial charge is 0.244 e. The molecule has 5 aliphatic rings. The molecule has 1 saturated heterocycles. The van der Waals surface area contributed by atoms with Gasteiger partial charge in [0.05, 0.1) is 11.8 Å². The van der Waals surface area contributed by atoms with Gasteiger partial charge in [0.15, 0.2) is 0 Å². The maximum Gasteiger partial charge on any atom is 0.244 e. The van der Waals surface area contributed by atoms with Gasteiger partial charge in [-0.1, -0.05) is 24.3 Å². The number of aryl methyl sites for hydroxylation is 1. The second-order valence-corrected chi connectivity index (χ2v) is 7.83. The fourth-order valence-electron chi connectivity index (χ4n) is 5.24. The van der Waals surface area contributed by atoms with Crippen molar-refractivity contribution < 1.29 is 14.4 Å². The Kier molecular flexibility index (Phi) is 3.00. The third-order valence-electron chi connectivity index (χ3n) is 6.36. The first-order chi connectivity index (χ1) is 12.0. The summed E-state index contributed by atoms with van der Waals surface area (Å²) >= 11 is 0. The number of hydrogen-bond acceptors (Lipinski definition) is 3. The number of allylic oxidation sites excluding steroid dienone is 2. The molecular weight excluding hydrogens is 316 g/mol. The lowest BCUT2D eigenvalue weighted by molar-refractivity contribution is -0.142. The Balaban J connectivity index is 1.33. The fraction of sp³-hybridized carbons (Fsp3) is 0.450. The number of nitrogens with zero attached hydrogens (tertiary/aromatic N) is 1. The van der Waals surface area contributed by atoms with Crippen LogP contribution < -0.4 is 5.32 Å². The van der Waals surface area contributed by atoms with Crippen molar-refractivity contribution in [3.63, 3.8) is 0 Å². The van der Waals surface area contributed by atoms with E-state index in [2.05, 4.69) is 17.5 Å². The molecule has 3 fully saturated rings. The lowest BCUT2D eigenvalue weighted by Crippen LogP contribution is -2.40. The van der Waals surface area contributed by atoms with Crippen molar-refractivity contribution in [3.8, 4) is 0 Å². The van der Waals surface area contributed by atoms with E-state index in [1.54, 1.807) is 6.07 Å². The van der Waals surface area contributed by atoms with Crippen molar-refractivity contribution in [2.45, 2.75) is 13.3 Å². The standard InChI is InChI=1S/C20H20N2O3/c1-10-3-2-4-11(7-10)21-16(23)9-22-19(24)17-12-5-6-13(15-8-14(12)15)18(17)20(22)25/h2-7,12-15,17-18H,8-9H2,1H3,(H,21,23)/t12-,13-,14-,15+,17+,18+/m0/s1. The number of rotatable bonds is 3. The zero-order valence-electron chi connectivity index (χ0n) is 14.0. The molecule has 1 heterocycles. The molecule has 1 aromatic rings. The molecular formula is C20H20N2O3. The summed E-state index contributed by atoms with van der Waals surface area (Å²) in [4.78, 5) is 39.2. The predicted molar refractivity (Wildman–Crippen MR) is 91.2 cm³/mol. The fourth-order valence-corrected chi connectivity index (χ4v) is 5.24. The van der Waals surface area contributed by atoms with Crippen molar-refractivity contribution in [1.82, 2.24) is 4.90 Å². The molecule has 25 heavy (non-hydrogen) atoms. The molecule has 1 aliphatic heterocycles. The average Bonchev–Trinajstić information content (AvgIpc) is 3.36. The van der Waals surface area contributed by atoms with Gasteiger partial charge in [0.25, 0.3) is 0 Å². The van der Waals surface area contributed by atoms with E-state index in [4.69, 9.17) is 0 Å². The largest absolute Gasteiger partial charge is 0.325 e. The lowest BCUT2D eigenvalue weighted by Gasteiger charge is -2.37. The zero-order chi connectivity index (χ0) is 17.3. The van der Waals surface area contributed by atoms with Crippen LogP contribution in [0, 0.1) is 42.4 Å². The zero-order valence-corrected chi connectivity index (χ0v) is 14.0. The summed E-state index contributed by atoms with van der Waals surface area (Å²) in [5, 5.41) is 2.79. The maximum atomic E-state index is 12.8. The molecule has 1 aromatic carbocycles. The van der Waals surface area contributed by atoms with E-state index in [9.17, 15) is 14.4 Å². The first-order valence-electron chi connectivity index (χ1n) is 8.94. The van der Waals surface area contributed by atoms with Crippen LogP contribution in [0.25, 0.3) is 0 Å². The van der Waals surface area contributed by atoms with E-state index >= 15 is 0 Å². The van der Waals surface area contributed by atoms with Crippen molar-refractivity contribution in [2.75, 3.05) is 11.9 Å². The van der Waals surface area contributed by atoms with Gasteiger partial charge < -0.3 is 5.32 Å². The number of nitrogens with one attached hydrogen (secondary N) is 1. The van der Waals surface area contributed by atoms with Crippen LogP contribution in [0.15, 0.2) is 36.4 Å². The summed E-state index contributed by atoms with van der Waals surface area (Å²) < 4.78 is 0. The summed E-state index contributed by atoms with van der Waals surface area (Å²) in [6, 6.07) is 7.47. The summed E-state index contributed by atoms with van der Waals surface area (Å²) in [6.45, 7) is 1.76. The molecule has 128 valence electrons. The van der Waals surface area contributed by atoms with Gasteiger partial charge in [0.1, 0.15) is 6.54 Å². The number of benzene rings is 1. The Bertz CT molecular complexity index is 794. The highest BCUT2D eigenvalue weighted by molar-refractivity contribution is 6.09. The first kappa shape index (κ1) is 14.9. The average molecular weight is 336 g/mol. The molecule has 6 rings (SSSR count). The summed E-state index contributed by atoms with van der Waals surface area (Å²) in [6.07, 6.45) is 5.42. The highest BCUT2D eigenvalue weighted by atomic mass is 16.2. The van der Waals surface area contributed by atoms with Crippen LogP contribution in [-0.2, 0) is 14.4 Å². The van der Waals surface area contributed by atoms with E-state index < -0.39 is 0 Å². The monoisotopic (exact) mass is 336 g/mol. The maximum absolute atomic E-state index is 12.8. The predicted octanol–water partition coefficient (Wildman–Crippen LogP) is 1.99. The molecule has 5 nitrogen and oxygen atoms in total. The van der Waals surface area contributed by atoms with E-state index in [-0.39, 0.29) is 47.9 Å². The van der Waals surface area contributed by atoms with Crippen molar-refractivity contribution >= 4 is 23.4 Å². The van der Waals surface area contributed by atoms with E-state index in [0.29, 0.717) is 17.5 Å². The Labute approximate surface area is 146 Å². The van der Waals surface area contributed by atoms with E-state index in [1.165, 1.54) is 4.90 Å². The summed E-state index contributed by atoms with van der Waals surface area (Å²) in [5.74, 6) is 0.441. The summed E-state index contributed by atoms with van der Waals surface area (Å²) in [7, 11) is 0. The minimum Gasteiger partial charge on any atom is -0.325 e. The van der Waals surface area contributed by atoms with Gasteiger partial charge in [-0.25, -0.2) is 0 Å². The lowest BCUT2D eigenvalue weighted by atomic mass is 9.63. The van der Waals surface area contributed by atoms with Crippen LogP contribution in [0.5, 0.6) is 0 Å². The van der Waals surface area contributed by atoms with Crippen LogP contribution in [0.4, 0.5) is 5.69 Å². The normalized spacial score (nSPS) is 37.1. The van der Waals surface area contributed by atoms with Gasteiger partial charge in [-0.2, -0.15) is 0 Å². The topological polar surface area (TPSA) is 66.5 Å². The first-order valence-corrected chi connectivity index (χ1v) is 8.94. The number of likely N-dealkylation sites (tertiary alicyclic amines) is 1. The highest BCUT2D eigenvalue weighted by Gasteiger charge is 2.67. The van der Waals surface area contributed by atoms with Gasteiger partial charge in [0.2, 0.25) is 17.7 Å². The van der Waals surface area contributed by atoms with Gasteiger partial charge in [-0.05, 0) is 54.7 Å². The molecule has 4 aliphatic carbocycles. The van der Waals surface area contributed by atoms with Crippen molar-refractivity contribution in [1.29, 1.82) is 0 Å². The molecule has 3 amide bonds. The quantitative estimate of drug-likeness (QED) is 0.678. The number of anilines is 1. The Hall–Kier alpha value is -2.43. The number of imide groups is 1. The van der Waals surface area contributed by atoms with E-state index in [1.807, 2.05) is 25.1 Å². The van der Waals surface area contributed by atoms with Crippen molar-refractivity contribution in [2.24, 2.45) is 35.5 Å². The van der Waals surface area contributed by atoms with Gasteiger partial charge in [-0.3, -0.25) is 19.3 Å². The van der Waals surface area contributed by atoms with Gasteiger partial charge in [0, 0.05) is 5.69 Å². The van der Waals surface area contributed by atoms with Gasteiger partial charge in [-0.15, -0.1) is 0 Å². The van der Waals surface area contributed by atoms with Crippen LogP contribution in [-0.4, -0.2) is 29.2 Å². The number of carbonyl (C=O) groups excluding carboxylic acids is 3. The number of hydrogen-bond donors (Lipinski definition) is 1. The van der Waals surface area contributed by atoms with Crippen LogP contribution in [0.2, 0.25) is 0 Å². The van der Waals surface area contributed by atoms with Crippen LogP contribution in [0.3, 0.4) is 0 Å². The molecule has 5 heteroatoms. The molecule has 2 bridgehead atoms. The third kappa shape index (κ3) is 2.11. The van der Waals surface area contributed by atoms with Gasteiger partial charge >= 0.3 is 0 Å². The molecule has 0 radical (unpaired) electrons. The Morgan fingerprint density at radius 3 is 2.36 bits per heavy atom. The highest BCUT2D eigenvalue weighted by Crippen LogP contribution is 2.65. The third-order valence-corrected chi connectivity index (χ3v) is 6.36. The second-order valence-electron chi connectivity index (χ2n) is 7.83. The van der Waals surface area contributed by atoms with Crippen molar-refractivity contribution in [3.05, 3.63) is 42.0 Å². The SMILES string of the molecule is Cc1cccc(NC(=O)CN2C(=O)[C@@H]3[C@H]4C=C[C@@H]([C@@H]5C[C@H]45)[C@H]3C2=O)c1. The Morgan fingerprint density at radius 1 is 1.12 bits per heavy atom. The van der Waals surface area contributed by atoms with Crippen LogP contribution >= 0.6 is 0 Å². The molecule has 6 atom stereocenters. The Morgan fingerprint density at radius 2 is 1.76 bits per heavy atom. The molecule has 0 unspecified atom stereocenters. The molecule has 2 saturated carbocycles. The number of amides is 3. The molecule has 1 N–H and O–H groups in total. The van der Waals surface area contributed by atoms with E-state index in [0.717, 1.165) is 12.0 Å². The second kappa shape index (κ2) is 5.04. The minimum atomic E-state index is -0.323. The summed E-state index contributed by atoms with van der Waals surface area (Å²) in [5.41, 5.74) is 1.73. The molecule has 0 spiro atoms. The molecule has 0 aromatic heterocycles. The van der Waals surface area contributed by atoms with Crippen LogP contribution in [0.1, 0.15) is 12.0 Å². The minimum absolute atomic E-state index is 0.154.